The minimum Gasteiger partial charge on any atom is -0.356 e. The van der Waals surface area contributed by atoms with Gasteiger partial charge in [0.15, 0.2) is 11.8 Å². The second-order valence-corrected chi connectivity index (χ2v) is 6.92. The van der Waals surface area contributed by atoms with E-state index in [1.807, 2.05) is 18.2 Å². The highest BCUT2D eigenvalue weighted by atomic mass is 35.5. The summed E-state index contributed by atoms with van der Waals surface area (Å²) in [6.45, 7) is 7.40. The van der Waals surface area contributed by atoms with Gasteiger partial charge in [-0.25, -0.2) is 0 Å². The summed E-state index contributed by atoms with van der Waals surface area (Å²) in [5.74, 6) is 1.86. The molecule has 0 unspecified atom stereocenters. The van der Waals surface area contributed by atoms with Gasteiger partial charge in [-0.05, 0) is 36.5 Å². The fourth-order valence-electron chi connectivity index (χ4n) is 2.38. The van der Waals surface area contributed by atoms with Crippen LogP contribution in [-0.4, -0.2) is 29.7 Å². The number of halogens is 1. The molecule has 6 nitrogen and oxygen atoms in total. The van der Waals surface area contributed by atoms with Crippen LogP contribution in [0.1, 0.15) is 31.1 Å². The number of nitrogens with zero attached hydrogens (tertiary/aromatic N) is 3. The molecule has 2 rings (SSSR count). The lowest BCUT2D eigenvalue weighted by atomic mass is 9.86. The van der Waals surface area contributed by atoms with E-state index in [4.69, 9.17) is 16.1 Å². The van der Waals surface area contributed by atoms with Gasteiger partial charge in [-0.1, -0.05) is 42.7 Å². The minimum absolute atomic E-state index is 0.0450. The van der Waals surface area contributed by atoms with E-state index < -0.39 is 0 Å². The minimum atomic E-state index is 0.0450. The Kier molecular flexibility index (Phi) is 6.20. The zero-order valence-corrected chi connectivity index (χ0v) is 15.3. The number of aryl methyl sites for hydroxylation is 1. The summed E-state index contributed by atoms with van der Waals surface area (Å²) >= 11 is 6.06. The Morgan fingerprint density at radius 1 is 1.33 bits per heavy atom. The molecule has 0 bridgehead atoms. The quantitative estimate of drug-likeness (QED) is 0.619. The first-order chi connectivity index (χ1) is 11.4. The zero-order valence-electron chi connectivity index (χ0n) is 14.6. The third kappa shape index (κ3) is 5.85. The normalized spacial score (nSPS) is 12.3. The topological polar surface area (TPSA) is 75.3 Å². The van der Waals surface area contributed by atoms with Crippen LogP contribution in [-0.2, 0) is 13.0 Å². The lowest BCUT2D eigenvalue weighted by molar-refractivity contribution is 0.356. The lowest BCUT2D eigenvalue weighted by Gasteiger charge is -2.26. The molecule has 0 amide bonds. The molecule has 0 saturated heterocycles. The van der Waals surface area contributed by atoms with Crippen molar-refractivity contribution in [3.05, 3.63) is 46.6 Å². The van der Waals surface area contributed by atoms with E-state index in [-0.39, 0.29) is 5.41 Å². The summed E-state index contributed by atoms with van der Waals surface area (Å²) in [4.78, 5) is 8.37. The van der Waals surface area contributed by atoms with Crippen molar-refractivity contribution in [3.63, 3.8) is 0 Å². The largest absolute Gasteiger partial charge is 0.356 e. The number of aliphatic imine (C=N–C) groups is 1. The summed E-state index contributed by atoms with van der Waals surface area (Å²) in [5, 5.41) is 11.0. The van der Waals surface area contributed by atoms with Crippen LogP contribution >= 0.6 is 11.6 Å². The van der Waals surface area contributed by atoms with Crippen molar-refractivity contribution in [2.45, 2.75) is 33.7 Å². The van der Waals surface area contributed by atoms with E-state index >= 15 is 0 Å². The SMILES string of the molecule is CN=C(NCc1nc(C)no1)NCC(C)(C)Cc1cccc(Cl)c1. The first kappa shape index (κ1) is 18.3. The van der Waals surface area contributed by atoms with Crippen LogP contribution in [0.25, 0.3) is 0 Å². The first-order valence-electron chi connectivity index (χ1n) is 7.86. The third-order valence-corrected chi connectivity index (χ3v) is 3.74. The summed E-state index contributed by atoms with van der Waals surface area (Å²) in [5.41, 5.74) is 1.27. The van der Waals surface area contributed by atoms with Gasteiger partial charge in [0, 0.05) is 18.6 Å². The van der Waals surface area contributed by atoms with E-state index in [0.717, 1.165) is 18.0 Å². The molecule has 0 aliphatic heterocycles. The molecule has 2 N–H and O–H groups in total. The summed E-state index contributed by atoms with van der Waals surface area (Å²) in [6, 6.07) is 7.97. The Bertz CT molecular complexity index is 696. The number of rotatable bonds is 6. The highest BCUT2D eigenvalue weighted by Crippen LogP contribution is 2.22. The van der Waals surface area contributed by atoms with Crippen LogP contribution in [0.4, 0.5) is 0 Å². The predicted molar refractivity (Wildman–Crippen MR) is 96.2 cm³/mol. The number of benzene rings is 1. The zero-order chi connectivity index (χ0) is 17.6. The number of hydrogen-bond donors (Lipinski definition) is 2. The van der Waals surface area contributed by atoms with Crippen molar-refractivity contribution in [3.8, 4) is 0 Å². The van der Waals surface area contributed by atoms with Gasteiger partial charge in [-0.2, -0.15) is 4.98 Å². The molecule has 0 aliphatic rings. The monoisotopic (exact) mass is 349 g/mol. The van der Waals surface area contributed by atoms with Crippen molar-refractivity contribution in [2.24, 2.45) is 10.4 Å². The van der Waals surface area contributed by atoms with Crippen molar-refractivity contribution >= 4 is 17.6 Å². The van der Waals surface area contributed by atoms with Crippen LogP contribution in [0.5, 0.6) is 0 Å². The Labute approximate surface area is 147 Å². The molecular weight excluding hydrogens is 326 g/mol. The van der Waals surface area contributed by atoms with Crippen molar-refractivity contribution in [1.82, 2.24) is 20.8 Å². The van der Waals surface area contributed by atoms with Gasteiger partial charge in [0.2, 0.25) is 5.89 Å². The van der Waals surface area contributed by atoms with Gasteiger partial charge in [0.05, 0.1) is 6.54 Å². The molecule has 7 heteroatoms. The van der Waals surface area contributed by atoms with Gasteiger partial charge in [0.1, 0.15) is 0 Å². The third-order valence-electron chi connectivity index (χ3n) is 3.51. The van der Waals surface area contributed by atoms with Crippen molar-refractivity contribution in [1.29, 1.82) is 0 Å². The second kappa shape index (κ2) is 8.15. The van der Waals surface area contributed by atoms with Gasteiger partial charge in [-0.15, -0.1) is 0 Å². The molecule has 0 saturated carbocycles. The fraction of sp³-hybridized carbons (Fsp3) is 0.471. The molecule has 24 heavy (non-hydrogen) atoms. The van der Waals surface area contributed by atoms with Crippen molar-refractivity contribution < 1.29 is 4.52 Å². The molecule has 0 spiro atoms. The van der Waals surface area contributed by atoms with Crippen LogP contribution in [0.3, 0.4) is 0 Å². The van der Waals surface area contributed by atoms with Crippen LogP contribution in [0.2, 0.25) is 5.02 Å². The Balaban J connectivity index is 1.84. The second-order valence-electron chi connectivity index (χ2n) is 6.49. The van der Waals surface area contributed by atoms with Gasteiger partial charge in [-0.3, -0.25) is 4.99 Å². The maximum absolute atomic E-state index is 6.06. The maximum atomic E-state index is 6.06. The van der Waals surface area contributed by atoms with E-state index in [1.54, 1.807) is 14.0 Å². The molecule has 2 aromatic rings. The van der Waals surface area contributed by atoms with Crippen LogP contribution < -0.4 is 10.6 Å². The number of hydrogen-bond acceptors (Lipinski definition) is 4. The highest BCUT2D eigenvalue weighted by molar-refractivity contribution is 6.30. The van der Waals surface area contributed by atoms with E-state index in [0.29, 0.717) is 24.2 Å². The summed E-state index contributed by atoms with van der Waals surface area (Å²) in [7, 11) is 1.73. The standard InChI is InChI=1S/C17H24ClN5O/c1-12-22-15(24-23-12)10-20-16(19-4)21-11-17(2,3)9-13-6-5-7-14(18)8-13/h5-8H,9-11H2,1-4H3,(H2,19,20,21). The molecule has 0 atom stereocenters. The van der Waals surface area contributed by atoms with Gasteiger partial charge in [0.25, 0.3) is 0 Å². The smallest absolute Gasteiger partial charge is 0.246 e. The van der Waals surface area contributed by atoms with Crippen molar-refractivity contribution in [2.75, 3.05) is 13.6 Å². The number of guanidine groups is 1. The molecular formula is C17H24ClN5O. The van der Waals surface area contributed by atoms with Crippen LogP contribution in [0, 0.1) is 12.3 Å². The molecule has 0 fully saturated rings. The Hall–Kier alpha value is -2.08. The van der Waals surface area contributed by atoms with E-state index in [2.05, 4.69) is 45.7 Å². The lowest BCUT2D eigenvalue weighted by Crippen LogP contribution is -2.42. The molecule has 0 aliphatic carbocycles. The molecule has 1 heterocycles. The van der Waals surface area contributed by atoms with E-state index in [1.165, 1.54) is 5.56 Å². The highest BCUT2D eigenvalue weighted by Gasteiger charge is 2.19. The summed E-state index contributed by atoms with van der Waals surface area (Å²) < 4.78 is 5.08. The number of aromatic nitrogens is 2. The molecule has 130 valence electrons. The Morgan fingerprint density at radius 3 is 2.75 bits per heavy atom. The summed E-state index contributed by atoms with van der Waals surface area (Å²) in [6.07, 6.45) is 0.917. The fourth-order valence-corrected chi connectivity index (χ4v) is 2.59. The average Bonchev–Trinajstić information content (AvgIpc) is 2.92. The van der Waals surface area contributed by atoms with Gasteiger partial charge < -0.3 is 15.2 Å². The van der Waals surface area contributed by atoms with Gasteiger partial charge >= 0.3 is 0 Å². The average molecular weight is 350 g/mol. The van der Waals surface area contributed by atoms with E-state index in [9.17, 15) is 0 Å². The Morgan fingerprint density at radius 2 is 2.12 bits per heavy atom. The molecule has 1 aromatic carbocycles. The molecule has 0 radical (unpaired) electrons. The number of nitrogens with one attached hydrogen (secondary N) is 2. The maximum Gasteiger partial charge on any atom is 0.246 e. The predicted octanol–water partition coefficient (Wildman–Crippen LogP) is 2.97. The molecule has 1 aromatic heterocycles. The van der Waals surface area contributed by atoms with Crippen LogP contribution in [0.15, 0.2) is 33.8 Å². The first-order valence-corrected chi connectivity index (χ1v) is 8.24.